The lowest BCUT2D eigenvalue weighted by Gasteiger charge is -2.49. The number of carboxylic acid groups (broad SMARTS) is 1. The Labute approximate surface area is 209 Å². The molecule has 3 fully saturated rings. The van der Waals surface area contributed by atoms with E-state index in [-0.39, 0.29) is 0 Å². The van der Waals surface area contributed by atoms with Crippen LogP contribution in [0.3, 0.4) is 0 Å². The van der Waals surface area contributed by atoms with E-state index in [1.54, 1.807) is 0 Å². The average Bonchev–Trinajstić information content (AvgIpc) is 2.87. The Kier molecular flexibility index (Phi) is 9.78. The molecule has 0 aliphatic carbocycles. The maximum atomic E-state index is 11.5. The number of rotatable bonds is 8. The summed E-state index contributed by atoms with van der Waals surface area (Å²) in [4.78, 5) is 11.5. The molecule has 0 aromatic carbocycles. The summed E-state index contributed by atoms with van der Waals surface area (Å²) in [5, 5.41) is 89.9. The molecular formula is C19H35N3O15. The van der Waals surface area contributed by atoms with Gasteiger partial charge in [0.15, 0.2) is 18.9 Å². The van der Waals surface area contributed by atoms with Crippen molar-refractivity contribution in [2.75, 3.05) is 19.8 Å². The molecule has 0 saturated carbocycles. The fourth-order valence-electron chi connectivity index (χ4n) is 4.52. The van der Waals surface area contributed by atoms with Crippen molar-refractivity contribution < 1.29 is 74.4 Å². The first kappa shape index (κ1) is 30.4. The van der Waals surface area contributed by atoms with Crippen molar-refractivity contribution in [1.82, 2.24) is 0 Å². The number of carbonyl (C=O) groups is 1. The second kappa shape index (κ2) is 11.9. The Morgan fingerprint density at radius 3 is 1.73 bits per heavy atom. The number of hydrogen-bond donors (Lipinski definition) is 12. The number of aliphatic carboxylic acids is 1. The van der Waals surface area contributed by atoms with E-state index in [9.17, 15) is 50.8 Å². The Morgan fingerprint density at radius 2 is 1.24 bits per heavy atom. The number of nitrogens with two attached hydrogens (primary N) is 3. The van der Waals surface area contributed by atoms with Gasteiger partial charge in [-0.3, -0.25) is 0 Å². The maximum Gasteiger partial charge on any atom is 0.341 e. The molecule has 3 aliphatic rings. The molecule has 0 aromatic heterocycles. The first-order valence-electron chi connectivity index (χ1n) is 11.4. The van der Waals surface area contributed by atoms with Crippen LogP contribution in [0.5, 0.6) is 0 Å². The van der Waals surface area contributed by atoms with Crippen LogP contribution in [0.4, 0.5) is 0 Å². The van der Waals surface area contributed by atoms with Gasteiger partial charge in [-0.05, 0) is 0 Å². The van der Waals surface area contributed by atoms with Gasteiger partial charge in [0.25, 0.3) is 0 Å². The Morgan fingerprint density at radius 1 is 0.757 bits per heavy atom. The summed E-state index contributed by atoms with van der Waals surface area (Å²) in [7, 11) is 0. The molecule has 15 atom stereocenters. The van der Waals surface area contributed by atoms with Gasteiger partial charge in [-0.2, -0.15) is 0 Å². The SMILES string of the molecule is N[C@H]1[C@@H](OC2[C@@H](CO)O[C@@H](OC3[C@@H](CO)O[C@@H](O)[C@H](N)[C@H]3O)[C@H](N)[C@H]2O)O[C@H](CO)[C@](O)(C(=O)O)[C@@H]1O. The van der Waals surface area contributed by atoms with Crippen molar-refractivity contribution in [3.63, 3.8) is 0 Å². The fraction of sp³-hybridized carbons (Fsp3) is 0.947. The van der Waals surface area contributed by atoms with Gasteiger partial charge in [0.2, 0.25) is 5.60 Å². The van der Waals surface area contributed by atoms with Crippen LogP contribution in [0.25, 0.3) is 0 Å². The van der Waals surface area contributed by atoms with E-state index >= 15 is 0 Å². The summed E-state index contributed by atoms with van der Waals surface area (Å²) in [6, 6.07) is -4.45. The van der Waals surface area contributed by atoms with E-state index in [0.717, 1.165) is 0 Å². The minimum atomic E-state index is -2.97. The van der Waals surface area contributed by atoms with Crippen molar-refractivity contribution in [3.8, 4) is 0 Å². The first-order valence-corrected chi connectivity index (χ1v) is 11.4. The normalized spacial score (nSPS) is 51.1. The molecule has 2 unspecified atom stereocenters. The minimum absolute atomic E-state index is 0.695. The minimum Gasteiger partial charge on any atom is -0.479 e. The highest BCUT2D eigenvalue weighted by atomic mass is 16.7. The van der Waals surface area contributed by atoms with E-state index in [2.05, 4.69) is 0 Å². The topological polar surface area (TPSA) is 323 Å². The highest BCUT2D eigenvalue weighted by molar-refractivity contribution is 5.79. The lowest BCUT2D eigenvalue weighted by atomic mass is 9.83. The van der Waals surface area contributed by atoms with Gasteiger partial charge in [-0.25, -0.2) is 4.79 Å². The van der Waals surface area contributed by atoms with E-state index < -0.39 is 117 Å². The van der Waals surface area contributed by atoms with Crippen molar-refractivity contribution >= 4 is 5.97 Å². The zero-order chi connectivity index (χ0) is 27.8. The van der Waals surface area contributed by atoms with Crippen LogP contribution in [0.1, 0.15) is 0 Å². The molecule has 3 rings (SSSR count). The molecule has 0 radical (unpaired) electrons. The summed E-state index contributed by atoms with van der Waals surface area (Å²) < 4.78 is 27.2. The van der Waals surface area contributed by atoms with Crippen LogP contribution in [-0.4, -0.2) is 163 Å². The van der Waals surface area contributed by atoms with Crippen LogP contribution in [-0.2, 0) is 28.5 Å². The van der Waals surface area contributed by atoms with E-state index in [1.165, 1.54) is 0 Å². The van der Waals surface area contributed by atoms with Crippen molar-refractivity contribution in [1.29, 1.82) is 0 Å². The van der Waals surface area contributed by atoms with Crippen molar-refractivity contribution in [3.05, 3.63) is 0 Å². The van der Waals surface area contributed by atoms with Gasteiger partial charge < -0.3 is 86.8 Å². The molecule has 18 heteroatoms. The van der Waals surface area contributed by atoms with Gasteiger partial charge in [-0.1, -0.05) is 0 Å². The van der Waals surface area contributed by atoms with Gasteiger partial charge >= 0.3 is 5.97 Å². The second-order valence-corrected chi connectivity index (χ2v) is 9.14. The number of carboxylic acids is 1. The molecule has 216 valence electrons. The van der Waals surface area contributed by atoms with Crippen LogP contribution in [0.2, 0.25) is 0 Å². The van der Waals surface area contributed by atoms with E-state index in [1.807, 2.05) is 0 Å². The third kappa shape index (κ3) is 5.47. The highest BCUT2D eigenvalue weighted by Gasteiger charge is 2.60. The zero-order valence-electron chi connectivity index (χ0n) is 19.4. The third-order valence-electron chi connectivity index (χ3n) is 6.83. The van der Waals surface area contributed by atoms with Crippen LogP contribution in [0.15, 0.2) is 0 Å². The van der Waals surface area contributed by atoms with Gasteiger partial charge in [-0.15, -0.1) is 0 Å². The first-order chi connectivity index (χ1) is 17.3. The number of hydrogen-bond acceptors (Lipinski definition) is 17. The molecular weight excluding hydrogens is 510 g/mol. The number of aliphatic hydroxyl groups is 8. The largest absolute Gasteiger partial charge is 0.479 e. The summed E-state index contributed by atoms with van der Waals surface area (Å²) in [5.74, 6) is -1.91. The standard InChI is InChI=1S/C19H35N3O15/c20-7-10(26)12(4(1-23)33-15(7)29)36-16-8(21)11(27)13(5(2-24)34-16)37-17-9(22)14(28)19(32,18(30)31)6(3-25)35-17/h4-17,23-29,32H,1-3,20-22H2,(H,30,31)/t4-,5-,6-,7-,8-,9-,10-,11-,12?,13?,14-,15-,16+,17-,19-/m1/s1. The Balaban J connectivity index is 1.75. The lowest BCUT2D eigenvalue weighted by molar-refractivity contribution is -0.353. The van der Waals surface area contributed by atoms with E-state index in [0.29, 0.717) is 0 Å². The third-order valence-corrected chi connectivity index (χ3v) is 6.83. The monoisotopic (exact) mass is 545 g/mol. The molecule has 0 aromatic rings. The van der Waals surface area contributed by atoms with Gasteiger partial charge in [0, 0.05) is 0 Å². The summed E-state index contributed by atoms with van der Waals surface area (Å²) in [6.07, 6.45) is -17.7. The van der Waals surface area contributed by atoms with E-state index in [4.69, 9.17) is 40.9 Å². The Bertz CT molecular complexity index is 775. The smallest absolute Gasteiger partial charge is 0.341 e. The Hall–Kier alpha value is -1.17. The quantitative estimate of drug-likeness (QED) is 0.135. The summed E-state index contributed by atoms with van der Waals surface area (Å²) in [6.45, 7) is -2.55. The molecule has 3 heterocycles. The van der Waals surface area contributed by atoms with Gasteiger partial charge in [0.05, 0.1) is 37.9 Å². The fourth-order valence-corrected chi connectivity index (χ4v) is 4.52. The zero-order valence-corrected chi connectivity index (χ0v) is 19.4. The molecule has 18 nitrogen and oxygen atoms in total. The predicted molar refractivity (Wildman–Crippen MR) is 114 cm³/mol. The van der Waals surface area contributed by atoms with Crippen LogP contribution >= 0.6 is 0 Å². The predicted octanol–water partition coefficient (Wildman–Crippen LogP) is -8.22. The van der Waals surface area contributed by atoms with Crippen molar-refractivity contribution in [2.45, 2.75) is 91.4 Å². The lowest BCUT2D eigenvalue weighted by Crippen LogP contribution is -2.74. The number of aliphatic hydroxyl groups excluding tert-OH is 7. The molecule has 15 N–H and O–H groups in total. The molecule has 3 saturated heterocycles. The average molecular weight is 545 g/mol. The van der Waals surface area contributed by atoms with Crippen LogP contribution < -0.4 is 17.2 Å². The van der Waals surface area contributed by atoms with Gasteiger partial charge in [0.1, 0.15) is 48.8 Å². The summed E-state index contributed by atoms with van der Waals surface area (Å²) >= 11 is 0. The summed E-state index contributed by atoms with van der Waals surface area (Å²) in [5.41, 5.74) is 14.6. The number of ether oxygens (including phenoxy) is 5. The van der Waals surface area contributed by atoms with Crippen molar-refractivity contribution in [2.24, 2.45) is 17.2 Å². The second-order valence-electron chi connectivity index (χ2n) is 9.14. The van der Waals surface area contributed by atoms with Crippen LogP contribution in [0, 0.1) is 0 Å². The molecule has 0 spiro atoms. The highest BCUT2D eigenvalue weighted by Crippen LogP contribution is 2.34. The molecule has 0 bridgehead atoms. The maximum absolute atomic E-state index is 11.5. The molecule has 0 amide bonds. The molecule has 37 heavy (non-hydrogen) atoms. The molecule has 3 aliphatic heterocycles.